The van der Waals surface area contributed by atoms with Crippen LogP contribution in [0.3, 0.4) is 0 Å². The van der Waals surface area contributed by atoms with Crippen molar-refractivity contribution < 1.29 is 9.59 Å². The zero-order valence-electron chi connectivity index (χ0n) is 15.9. The zero-order chi connectivity index (χ0) is 19.0. The predicted molar refractivity (Wildman–Crippen MR) is 105 cm³/mol. The quantitative estimate of drug-likeness (QED) is 0.821. The molecular weight excluding hydrogens is 338 g/mol. The summed E-state index contributed by atoms with van der Waals surface area (Å²) in [6, 6.07) is 9.90. The second-order valence-electron chi connectivity index (χ2n) is 7.74. The van der Waals surface area contributed by atoms with Gasteiger partial charge in [0.1, 0.15) is 5.54 Å². The molecule has 0 N–H and O–H groups in total. The summed E-state index contributed by atoms with van der Waals surface area (Å²) in [5, 5.41) is 0. The maximum Gasteiger partial charge on any atom is 0.256 e. The molecule has 3 heterocycles. The lowest BCUT2D eigenvalue weighted by Gasteiger charge is -2.44. The van der Waals surface area contributed by atoms with Crippen molar-refractivity contribution in [3.05, 3.63) is 59.4 Å². The Morgan fingerprint density at radius 1 is 1.00 bits per heavy atom. The van der Waals surface area contributed by atoms with Crippen LogP contribution in [0.25, 0.3) is 0 Å². The van der Waals surface area contributed by atoms with Crippen LogP contribution in [-0.2, 0) is 4.79 Å². The van der Waals surface area contributed by atoms with Gasteiger partial charge in [0.25, 0.3) is 11.8 Å². The van der Waals surface area contributed by atoms with Gasteiger partial charge in [-0.2, -0.15) is 0 Å². The minimum atomic E-state index is -0.718. The SMILES string of the molecule is Cc1ccc(N2CCCC3(CCCN3C(=O)c3cncc(C)c3)C2=O)cc1. The molecule has 2 aliphatic heterocycles. The molecule has 2 saturated heterocycles. The molecule has 27 heavy (non-hydrogen) atoms. The Labute approximate surface area is 160 Å². The number of piperidine rings is 1. The van der Waals surface area contributed by atoms with Crippen molar-refractivity contribution in [2.24, 2.45) is 0 Å². The van der Waals surface area contributed by atoms with Gasteiger partial charge >= 0.3 is 0 Å². The molecule has 2 aliphatic rings. The number of hydrogen-bond acceptors (Lipinski definition) is 3. The first kappa shape index (κ1) is 17.7. The van der Waals surface area contributed by atoms with E-state index >= 15 is 0 Å². The van der Waals surface area contributed by atoms with Gasteiger partial charge in [-0.25, -0.2) is 0 Å². The van der Waals surface area contributed by atoms with Crippen molar-refractivity contribution >= 4 is 17.5 Å². The van der Waals surface area contributed by atoms with E-state index in [2.05, 4.69) is 4.98 Å². The van der Waals surface area contributed by atoms with Crippen LogP contribution in [0, 0.1) is 13.8 Å². The van der Waals surface area contributed by atoms with Crippen LogP contribution in [-0.4, -0.2) is 40.3 Å². The van der Waals surface area contributed by atoms with Crippen LogP contribution in [0.5, 0.6) is 0 Å². The molecule has 140 valence electrons. The van der Waals surface area contributed by atoms with Gasteiger partial charge in [-0.15, -0.1) is 0 Å². The summed E-state index contributed by atoms with van der Waals surface area (Å²) < 4.78 is 0. The number of likely N-dealkylation sites (tertiary alicyclic amines) is 1. The van der Waals surface area contributed by atoms with Crippen LogP contribution in [0.1, 0.15) is 47.2 Å². The maximum absolute atomic E-state index is 13.6. The molecule has 0 radical (unpaired) electrons. The number of aromatic nitrogens is 1. The molecular formula is C22H25N3O2. The van der Waals surface area contributed by atoms with Crippen molar-refractivity contribution in [2.75, 3.05) is 18.0 Å². The molecule has 4 rings (SSSR count). The van der Waals surface area contributed by atoms with Crippen LogP contribution >= 0.6 is 0 Å². The molecule has 1 aromatic heterocycles. The number of anilines is 1. The molecule has 2 aromatic rings. The Kier molecular flexibility index (Phi) is 4.46. The van der Waals surface area contributed by atoms with Gasteiger partial charge < -0.3 is 9.80 Å². The van der Waals surface area contributed by atoms with Crippen molar-refractivity contribution in [3.63, 3.8) is 0 Å². The van der Waals surface area contributed by atoms with Gasteiger partial charge in [-0.1, -0.05) is 17.7 Å². The van der Waals surface area contributed by atoms with E-state index in [1.807, 2.05) is 54.0 Å². The third kappa shape index (κ3) is 3.01. The molecule has 0 aliphatic carbocycles. The maximum atomic E-state index is 13.6. The fourth-order valence-corrected chi connectivity index (χ4v) is 4.44. The van der Waals surface area contributed by atoms with Crippen LogP contribution < -0.4 is 4.90 Å². The smallest absolute Gasteiger partial charge is 0.256 e. The van der Waals surface area contributed by atoms with Gasteiger partial charge in [-0.3, -0.25) is 14.6 Å². The lowest BCUT2D eigenvalue weighted by atomic mass is 9.84. The first-order valence-electron chi connectivity index (χ1n) is 9.63. The number of nitrogens with zero attached hydrogens (tertiary/aromatic N) is 3. The number of hydrogen-bond donors (Lipinski definition) is 0. The van der Waals surface area contributed by atoms with E-state index in [0.717, 1.165) is 36.9 Å². The summed E-state index contributed by atoms with van der Waals surface area (Å²) in [6.07, 6.45) is 6.57. The number of pyridine rings is 1. The highest BCUT2D eigenvalue weighted by atomic mass is 16.2. The summed E-state index contributed by atoms with van der Waals surface area (Å²) >= 11 is 0. The lowest BCUT2D eigenvalue weighted by Crippen LogP contribution is -2.61. The number of carbonyl (C=O) groups is 2. The van der Waals surface area contributed by atoms with Gasteiger partial charge in [0, 0.05) is 31.2 Å². The van der Waals surface area contributed by atoms with Crippen molar-refractivity contribution in [1.82, 2.24) is 9.88 Å². The number of benzene rings is 1. The molecule has 1 atom stereocenters. The topological polar surface area (TPSA) is 53.5 Å². The zero-order valence-corrected chi connectivity index (χ0v) is 15.9. The number of rotatable bonds is 2. The Morgan fingerprint density at radius 3 is 2.41 bits per heavy atom. The Bertz CT molecular complexity index is 877. The van der Waals surface area contributed by atoms with E-state index in [-0.39, 0.29) is 11.8 Å². The van der Waals surface area contributed by atoms with Crippen LogP contribution in [0.2, 0.25) is 0 Å². The monoisotopic (exact) mass is 363 g/mol. The highest BCUT2D eigenvalue weighted by Gasteiger charge is 2.53. The molecule has 0 bridgehead atoms. The number of aryl methyl sites for hydroxylation is 2. The van der Waals surface area contributed by atoms with E-state index in [1.54, 1.807) is 12.4 Å². The molecule has 1 spiro atoms. The third-order valence-corrected chi connectivity index (χ3v) is 5.82. The van der Waals surface area contributed by atoms with E-state index in [1.165, 1.54) is 5.56 Å². The number of amides is 2. The average Bonchev–Trinajstić information content (AvgIpc) is 3.09. The Hall–Kier alpha value is -2.69. The number of carbonyl (C=O) groups excluding carboxylic acids is 2. The molecule has 1 unspecified atom stereocenters. The van der Waals surface area contributed by atoms with E-state index in [0.29, 0.717) is 18.7 Å². The lowest BCUT2D eigenvalue weighted by molar-refractivity contribution is -0.130. The second-order valence-corrected chi connectivity index (χ2v) is 7.74. The van der Waals surface area contributed by atoms with E-state index in [4.69, 9.17) is 0 Å². The van der Waals surface area contributed by atoms with Crippen molar-refractivity contribution in [2.45, 2.75) is 45.1 Å². The summed E-state index contributed by atoms with van der Waals surface area (Å²) in [6.45, 7) is 5.29. The predicted octanol–water partition coefficient (Wildman–Crippen LogP) is 3.50. The fourth-order valence-electron chi connectivity index (χ4n) is 4.44. The highest BCUT2D eigenvalue weighted by Crippen LogP contribution is 2.40. The molecule has 2 fully saturated rings. The summed E-state index contributed by atoms with van der Waals surface area (Å²) in [4.78, 5) is 34.6. The summed E-state index contributed by atoms with van der Waals surface area (Å²) in [5.41, 5.74) is 2.88. The largest absolute Gasteiger partial charge is 0.324 e. The fraction of sp³-hybridized carbons (Fsp3) is 0.409. The van der Waals surface area contributed by atoms with E-state index in [9.17, 15) is 9.59 Å². The summed E-state index contributed by atoms with van der Waals surface area (Å²) in [7, 11) is 0. The van der Waals surface area contributed by atoms with Crippen molar-refractivity contribution in [3.8, 4) is 0 Å². The minimum Gasteiger partial charge on any atom is -0.324 e. The molecule has 0 saturated carbocycles. The Morgan fingerprint density at radius 2 is 1.70 bits per heavy atom. The average molecular weight is 363 g/mol. The Balaban J connectivity index is 1.66. The standard InChI is InChI=1S/C22H25N3O2/c1-16-5-7-19(8-6-16)24-11-3-9-22(21(24)27)10-4-12-25(22)20(26)18-13-17(2)14-23-15-18/h5-8,13-15H,3-4,9-12H2,1-2H3. The van der Waals surface area contributed by atoms with Crippen LogP contribution in [0.4, 0.5) is 5.69 Å². The molecule has 1 aromatic carbocycles. The molecule has 5 nitrogen and oxygen atoms in total. The van der Waals surface area contributed by atoms with Gasteiger partial charge in [-0.05, 0) is 63.3 Å². The van der Waals surface area contributed by atoms with Gasteiger partial charge in [0.05, 0.1) is 5.56 Å². The van der Waals surface area contributed by atoms with E-state index < -0.39 is 5.54 Å². The molecule has 2 amide bonds. The second kappa shape index (κ2) is 6.80. The molecule has 5 heteroatoms. The first-order chi connectivity index (χ1) is 13.0. The minimum absolute atomic E-state index is 0.0593. The normalized spacial score (nSPS) is 22.5. The highest BCUT2D eigenvalue weighted by molar-refractivity contribution is 6.06. The van der Waals surface area contributed by atoms with Crippen LogP contribution in [0.15, 0.2) is 42.7 Å². The first-order valence-corrected chi connectivity index (χ1v) is 9.63. The summed E-state index contributed by atoms with van der Waals surface area (Å²) in [5.74, 6) is -0.0214. The van der Waals surface area contributed by atoms with Crippen molar-refractivity contribution in [1.29, 1.82) is 0 Å². The van der Waals surface area contributed by atoms with Gasteiger partial charge in [0.15, 0.2) is 0 Å². The van der Waals surface area contributed by atoms with Gasteiger partial charge in [0.2, 0.25) is 0 Å². The third-order valence-electron chi connectivity index (χ3n) is 5.82.